The molecule has 7 heteroatoms. The summed E-state index contributed by atoms with van der Waals surface area (Å²) < 4.78 is 7.69. The van der Waals surface area contributed by atoms with Crippen molar-refractivity contribution in [1.29, 1.82) is 0 Å². The lowest BCUT2D eigenvalue weighted by Crippen LogP contribution is -2.32. The van der Waals surface area contributed by atoms with Crippen LogP contribution in [0.4, 0.5) is 0 Å². The number of carbonyl (C=O) groups is 1. The summed E-state index contributed by atoms with van der Waals surface area (Å²) in [6.45, 7) is 6.81. The zero-order valence-electron chi connectivity index (χ0n) is 15.7. The van der Waals surface area contributed by atoms with Crippen LogP contribution in [-0.2, 0) is 0 Å². The van der Waals surface area contributed by atoms with Gasteiger partial charge in [-0.15, -0.1) is 5.10 Å². The lowest BCUT2D eigenvalue weighted by atomic mass is 10.1. The van der Waals surface area contributed by atoms with E-state index in [0.29, 0.717) is 24.9 Å². The highest BCUT2D eigenvalue weighted by Crippen LogP contribution is 2.21. The van der Waals surface area contributed by atoms with Crippen molar-refractivity contribution in [2.75, 3.05) is 33.3 Å². The van der Waals surface area contributed by atoms with Crippen molar-refractivity contribution >= 4 is 5.91 Å². The van der Waals surface area contributed by atoms with E-state index < -0.39 is 0 Å². The molecule has 1 saturated heterocycles. The summed E-state index contributed by atoms with van der Waals surface area (Å²) in [4.78, 5) is 14.4. The van der Waals surface area contributed by atoms with Gasteiger partial charge in [-0.3, -0.25) is 4.79 Å². The lowest BCUT2D eigenvalue weighted by molar-refractivity contribution is 0.0767. The molecule has 0 saturated carbocycles. The number of hydrogen-bond acceptors (Lipinski definition) is 5. The van der Waals surface area contributed by atoms with E-state index in [1.54, 1.807) is 11.9 Å². The molecule has 1 aliphatic heterocycles. The van der Waals surface area contributed by atoms with Crippen LogP contribution < -0.4 is 10.1 Å². The van der Waals surface area contributed by atoms with Gasteiger partial charge >= 0.3 is 0 Å². The Morgan fingerprint density at radius 1 is 1.31 bits per heavy atom. The summed E-state index contributed by atoms with van der Waals surface area (Å²) >= 11 is 0. The standard InChI is InChI=1S/C19H27N5O2/c1-14-6-4-5-7-17(14)26-13-12-23(3)19(25)18-15(2)24(22-21-18)16-8-10-20-11-9-16/h4-7,16,20H,8-13H2,1-3H3. The molecule has 0 atom stereocenters. The van der Waals surface area contributed by atoms with Gasteiger partial charge in [-0.1, -0.05) is 23.4 Å². The van der Waals surface area contributed by atoms with Crippen molar-refractivity contribution in [2.24, 2.45) is 0 Å². The summed E-state index contributed by atoms with van der Waals surface area (Å²) in [5, 5.41) is 11.7. The number of hydrogen-bond donors (Lipinski definition) is 1. The molecule has 0 radical (unpaired) electrons. The van der Waals surface area contributed by atoms with Crippen LogP contribution in [0.25, 0.3) is 0 Å². The molecule has 0 aliphatic carbocycles. The molecular weight excluding hydrogens is 330 g/mol. The van der Waals surface area contributed by atoms with Crippen molar-refractivity contribution in [3.8, 4) is 5.75 Å². The average molecular weight is 357 g/mol. The smallest absolute Gasteiger partial charge is 0.276 e. The van der Waals surface area contributed by atoms with E-state index in [1.807, 2.05) is 42.8 Å². The van der Waals surface area contributed by atoms with Gasteiger partial charge in [0.1, 0.15) is 12.4 Å². The number of nitrogens with one attached hydrogen (secondary N) is 1. The summed E-state index contributed by atoms with van der Waals surface area (Å²) in [5.74, 6) is 0.734. The summed E-state index contributed by atoms with van der Waals surface area (Å²) in [5.41, 5.74) is 2.36. The molecule has 0 spiro atoms. The Morgan fingerprint density at radius 2 is 2.04 bits per heavy atom. The van der Waals surface area contributed by atoms with Crippen LogP contribution in [0.15, 0.2) is 24.3 Å². The number of benzene rings is 1. The topological polar surface area (TPSA) is 72.3 Å². The van der Waals surface area contributed by atoms with E-state index in [2.05, 4.69) is 15.6 Å². The molecule has 1 fully saturated rings. The molecule has 26 heavy (non-hydrogen) atoms. The Kier molecular flexibility index (Phi) is 5.88. The summed E-state index contributed by atoms with van der Waals surface area (Å²) in [7, 11) is 1.77. The van der Waals surface area contributed by atoms with E-state index in [4.69, 9.17) is 4.74 Å². The second-order valence-corrected chi connectivity index (χ2v) is 6.79. The molecule has 7 nitrogen and oxygen atoms in total. The second kappa shape index (κ2) is 8.31. The molecule has 2 aromatic rings. The maximum Gasteiger partial charge on any atom is 0.276 e. The molecule has 1 aromatic carbocycles. The number of carbonyl (C=O) groups excluding carboxylic acids is 1. The lowest BCUT2D eigenvalue weighted by Gasteiger charge is -2.23. The van der Waals surface area contributed by atoms with Gasteiger partial charge < -0.3 is 15.0 Å². The summed E-state index contributed by atoms with van der Waals surface area (Å²) in [6, 6.07) is 8.19. The highest BCUT2D eigenvalue weighted by molar-refractivity contribution is 5.93. The number of aromatic nitrogens is 3. The number of para-hydroxylation sites is 1. The maximum absolute atomic E-state index is 12.7. The normalized spacial score (nSPS) is 15.0. The van der Waals surface area contributed by atoms with Crippen molar-refractivity contribution in [2.45, 2.75) is 32.7 Å². The monoisotopic (exact) mass is 357 g/mol. The first-order valence-electron chi connectivity index (χ1n) is 9.14. The van der Waals surface area contributed by atoms with Gasteiger partial charge in [0, 0.05) is 7.05 Å². The van der Waals surface area contributed by atoms with Crippen molar-refractivity contribution in [1.82, 2.24) is 25.2 Å². The Bertz CT molecular complexity index is 752. The number of amides is 1. The molecule has 0 bridgehead atoms. The number of nitrogens with zero attached hydrogens (tertiary/aromatic N) is 4. The fourth-order valence-electron chi connectivity index (χ4n) is 3.23. The van der Waals surface area contributed by atoms with Crippen molar-refractivity contribution in [3.63, 3.8) is 0 Å². The average Bonchev–Trinajstić information content (AvgIpc) is 3.04. The number of piperidine rings is 1. The predicted molar refractivity (Wildman–Crippen MR) is 99.5 cm³/mol. The third-order valence-corrected chi connectivity index (χ3v) is 4.91. The second-order valence-electron chi connectivity index (χ2n) is 6.79. The Morgan fingerprint density at radius 3 is 2.77 bits per heavy atom. The molecule has 1 N–H and O–H groups in total. The number of likely N-dealkylation sites (N-methyl/N-ethyl adjacent to an activating group) is 1. The van der Waals surface area contributed by atoms with Crippen LogP contribution in [0.5, 0.6) is 5.75 Å². The Hall–Kier alpha value is -2.41. The minimum atomic E-state index is -0.115. The number of rotatable bonds is 6. The molecular formula is C19H27N5O2. The van der Waals surface area contributed by atoms with Crippen LogP contribution in [-0.4, -0.2) is 59.1 Å². The van der Waals surface area contributed by atoms with Crippen LogP contribution in [0.2, 0.25) is 0 Å². The van der Waals surface area contributed by atoms with E-state index in [0.717, 1.165) is 42.9 Å². The zero-order valence-corrected chi connectivity index (χ0v) is 15.7. The quantitative estimate of drug-likeness (QED) is 0.856. The Labute approximate surface area is 154 Å². The predicted octanol–water partition coefficient (Wildman–Crippen LogP) is 1.97. The van der Waals surface area contributed by atoms with Gasteiger partial charge in [0.15, 0.2) is 5.69 Å². The Balaban J connectivity index is 1.58. The molecule has 3 rings (SSSR count). The fourth-order valence-corrected chi connectivity index (χ4v) is 3.23. The van der Waals surface area contributed by atoms with Crippen LogP contribution in [0.3, 0.4) is 0 Å². The first-order chi connectivity index (χ1) is 12.6. The zero-order chi connectivity index (χ0) is 18.5. The van der Waals surface area contributed by atoms with Gasteiger partial charge in [-0.2, -0.15) is 0 Å². The molecule has 0 unspecified atom stereocenters. The van der Waals surface area contributed by atoms with Crippen molar-refractivity contribution < 1.29 is 9.53 Å². The molecule has 140 valence electrons. The highest BCUT2D eigenvalue weighted by atomic mass is 16.5. The largest absolute Gasteiger partial charge is 0.491 e. The van der Waals surface area contributed by atoms with Gasteiger partial charge in [0.05, 0.1) is 18.3 Å². The van der Waals surface area contributed by atoms with Crippen LogP contribution >= 0.6 is 0 Å². The summed E-state index contributed by atoms with van der Waals surface area (Å²) in [6.07, 6.45) is 2.02. The fraction of sp³-hybridized carbons (Fsp3) is 0.526. The van der Waals surface area contributed by atoms with Gasteiger partial charge in [-0.05, 0) is 51.4 Å². The van der Waals surface area contributed by atoms with E-state index >= 15 is 0 Å². The molecule has 1 aromatic heterocycles. The number of ether oxygens (including phenoxy) is 1. The van der Waals surface area contributed by atoms with Gasteiger partial charge in [0.2, 0.25) is 0 Å². The molecule has 1 aliphatic rings. The minimum absolute atomic E-state index is 0.115. The van der Waals surface area contributed by atoms with E-state index in [9.17, 15) is 4.79 Å². The van der Waals surface area contributed by atoms with Gasteiger partial charge in [-0.25, -0.2) is 4.68 Å². The maximum atomic E-state index is 12.7. The SMILES string of the molecule is Cc1ccccc1OCCN(C)C(=O)c1nnn(C2CCNCC2)c1C. The van der Waals surface area contributed by atoms with Crippen LogP contribution in [0, 0.1) is 13.8 Å². The first-order valence-corrected chi connectivity index (χ1v) is 9.14. The molecule has 2 heterocycles. The van der Waals surface area contributed by atoms with E-state index in [1.165, 1.54) is 0 Å². The minimum Gasteiger partial charge on any atom is -0.491 e. The van der Waals surface area contributed by atoms with Crippen LogP contribution in [0.1, 0.15) is 40.6 Å². The molecule has 1 amide bonds. The van der Waals surface area contributed by atoms with Gasteiger partial charge in [0.25, 0.3) is 5.91 Å². The number of aryl methyl sites for hydroxylation is 1. The van der Waals surface area contributed by atoms with E-state index in [-0.39, 0.29) is 5.91 Å². The van der Waals surface area contributed by atoms with Crippen molar-refractivity contribution in [3.05, 3.63) is 41.2 Å². The third-order valence-electron chi connectivity index (χ3n) is 4.91. The first kappa shape index (κ1) is 18.4. The highest BCUT2D eigenvalue weighted by Gasteiger charge is 2.24. The third kappa shape index (κ3) is 4.04.